The van der Waals surface area contributed by atoms with E-state index >= 15 is 0 Å². The number of hydrogen-bond acceptors (Lipinski definition) is 5. The zero-order chi connectivity index (χ0) is 26.6. The van der Waals surface area contributed by atoms with Gasteiger partial charge in [0.25, 0.3) is 11.8 Å². The number of nitrogens with one attached hydrogen (secondary N) is 3. The average Bonchev–Trinajstić information content (AvgIpc) is 2.96. The molecule has 0 aliphatic rings. The molecule has 192 valence electrons. The molecule has 0 atom stereocenters. The molecule has 0 bridgehead atoms. The summed E-state index contributed by atoms with van der Waals surface area (Å²) in [5.41, 5.74) is 7.97. The molecule has 0 heterocycles. The first-order valence-electron chi connectivity index (χ1n) is 12.0. The lowest BCUT2D eigenvalue weighted by Crippen LogP contribution is -2.48. The summed E-state index contributed by atoms with van der Waals surface area (Å²) in [6, 6.07) is 33.4. The summed E-state index contributed by atoms with van der Waals surface area (Å²) in [6.45, 7) is 0.853. The van der Waals surface area contributed by atoms with Crippen LogP contribution in [0.3, 0.4) is 0 Å². The maximum absolute atomic E-state index is 12.8. The van der Waals surface area contributed by atoms with E-state index in [-0.39, 0.29) is 5.11 Å². The number of thiocarbonyl (C=S) groups is 1. The number of benzene rings is 4. The van der Waals surface area contributed by atoms with Crippen molar-refractivity contribution in [3.05, 3.63) is 131 Å². The van der Waals surface area contributed by atoms with Crippen molar-refractivity contribution in [2.45, 2.75) is 13.0 Å². The van der Waals surface area contributed by atoms with E-state index in [9.17, 15) is 9.59 Å². The van der Waals surface area contributed by atoms with Gasteiger partial charge < -0.3 is 9.47 Å². The van der Waals surface area contributed by atoms with E-state index in [1.54, 1.807) is 48.5 Å². The van der Waals surface area contributed by atoms with E-state index in [0.717, 1.165) is 11.1 Å². The number of amides is 2. The van der Waals surface area contributed by atoms with E-state index < -0.39 is 11.8 Å². The zero-order valence-corrected chi connectivity index (χ0v) is 21.4. The minimum atomic E-state index is -0.452. The Hall–Kier alpha value is -4.69. The van der Waals surface area contributed by atoms with Gasteiger partial charge in [0.1, 0.15) is 18.1 Å². The molecule has 0 aliphatic heterocycles. The third-order valence-corrected chi connectivity index (χ3v) is 5.71. The van der Waals surface area contributed by atoms with Crippen molar-refractivity contribution in [1.82, 2.24) is 16.2 Å². The molecule has 4 aromatic rings. The average molecular weight is 526 g/mol. The van der Waals surface area contributed by atoms with Crippen molar-refractivity contribution in [1.29, 1.82) is 0 Å². The molecule has 4 rings (SSSR count). The maximum Gasteiger partial charge on any atom is 0.269 e. The van der Waals surface area contributed by atoms with E-state index in [1.807, 2.05) is 60.7 Å². The Kier molecular flexibility index (Phi) is 9.42. The standard InChI is InChI=1S/C30H27N3O4S/c34-28(24-15-17-25(18-16-24)37-21-23-11-5-2-6-12-23)32-33-30(38)31-29(35)26-13-7-8-14-27(26)36-20-19-22-9-3-1-4-10-22/h1-18H,19-21H2,(H,32,34)(H2,31,33,35,38). The molecule has 0 radical (unpaired) electrons. The summed E-state index contributed by atoms with van der Waals surface area (Å²) in [5, 5.41) is 2.51. The van der Waals surface area contributed by atoms with Crippen LogP contribution in [0.5, 0.6) is 11.5 Å². The number of ether oxygens (including phenoxy) is 2. The van der Waals surface area contributed by atoms with E-state index in [0.29, 0.717) is 42.3 Å². The lowest BCUT2D eigenvalue weighted by Gasteiger charge is -2.14. The van der Waals surface area contributed by atoms with E-state index in [2.05, 4.69) is 16.2 Å². The highest BCUT2D eigenvalue weighted by molar-refractivity contribution is 7.80. The molecular formula is C30H27N3O4S. The van der Waals surface area contributed by atoms with Crippen molar-refractivity contribution in [3.8, 4) is 11.5 Å². The summed E-state index contributed by atoms with van der Waals surface area (Å²) in [4.78, 5) is 25.3. The zero-order valence-electron chi connectivity index (χ0n) is 20.6. The minimum Gasteiger partial charge on any atom is -0.492 e. The molecule has 0 fully saturated rings. The van der Waals surface area contributed by atoms with Crippen LogP contribution in [-0.2, 0) is 13.0 Å². The second kappa shape index (κ2) is 13.6. The van der Waals surface area contributed by atoms with Crippen molar-refractivity contribution in [3.63, 3.8) is 0 Å². The molecule has 0 saturated heterocycles. The number of para-hydroxylation sites is 1. The number of hydrogen-bond donors (Lipinski definition) is 3. The lowest BCUT2D eigenvalue weighted by atomic mass is 10.1. The summed E-state index contributed by atoms with van der Waals surface area (Å²) in [7, 11) is 0. The Balaban J connectivity index is 1.23. The van der Waals surface area contributed by atoms with Crippen molar-refractivity contribution in [2.24, 2.45) is 0 Å². The number of carbonyl (C=O) groups is 2. The fourth-order valence-electron chi connectivity index (χ4n) is 3.53. The van der Waals surface area contributed by atoms with Crippen LogP contribution in [0.25, 0.3) is 0 Å². The van der Waals surface area contributed by atoms with Gasteiger partial charge in [-0.2, -0.15) is 0 Å². The first kappa shape index (κ1) is 26.4. The lowest BCUT2D eigenvalue weighted by molar-refractivity contribution is 0.0933. The quantitative estimate of drug-likeness (QED) is 0.214. The van der Waals surface area contributed by atoms with Crippen LogP contribution in [-0.4, -0.2) is 23.5 Å². The third-order valence-electron chi connectivity index (χ3n) is 5.50. The molecule has 0 aromatic heterocycles. The SMILES string of the molecule is O=C(NNC(=S)NC(=O)c1ccccc1OCCc1ccccc1)c1ccc(OCc2ccccc2)cc1. The van der Waals surface area contributed by atoms with Crippen LogP contribution in [0.2, 0.25) is 0 Å². The van der Waals surface area contributed by atoms with Crippen molar-refractivity contribution >= 4 is 29.1 Å². The first-order chi connectivity index (χ1) is 18.6. The largest absolute Gasteiger partial charge is 0.492 e. The van der Waals surface area contributed by atoms with Gasteiger partial charge in [-0.1, -0.05) is 72.8 Å². The summed E-state index contributed by atoms with van der Waals surface area (Å²) in [6.07, 6.45) is 0.711. The molecule has 8 heteroatoms. The predicted molar refractivity (Wildman–Crippen MR) is 150 cm³/mol. The Morgan fingerprint density at radius 3 is 2.00 bits per heavy atom. The summed E-state index contributed by atoms with van der Waals surface area (Å²) < 4.78 is 11.6. The molecule has 0 aliphatic carbocycles. The van der Waals surface area contributed by atoms with Gasteiger partial charge in [0.05, 0.1) is 12.2 Å². The van der Waals surface area contributed by atoms with Gasteiger partial charge in [-0.25, -0.2) is 0 Å². The van der Waals surface area contributed by atoms with Gasteiger partial charge in [0.15, 0.2) is 5.11 Å². The number of carbonyl (C=O) groups excluding carboxylic acids is 2. The van der Waals surface area contributed by atoms with Gasteiger partial charge in [0.2, 0.25) is 0 Å². The molecule has 38 heavy (non-hydrogen) atoms. The smallest absolute Gasteiger partial charge is 0.269 e. The third kappa shape index (κ3) is 7.91. The van der Waals surface area contributed by atoms with Gasteiger partial charge in [-0.05, 0) is 59.7 Å². The topological polar surface area (TPSA) is 88.7 Å². The highest BCUT2D eigenvalue weighted by atomic mass is 32.1. The molecule has 0 spiro atoms. The molecule has 2 amide bonds. The minimum absolute atomic E-state index is 0.0507. The monoisotopic (exact) mass is 525 g/mol. The Labute approximate surface area is 226 Å². The van der Waals surface area contributed by atoms with Gasteiger partial charge in [-0.3, -0.25) is 25.8 Å². The maximum atomic E-state index is 12.8. The fourth-order valence-corrected chi connectivity index (χ4v) is 3.68. The van der Waals surface area contributed by atoms with Crippen LogP contribution in [0.4, 0.5) is 0 Å². The van der Waals surface area contributed by atoms with Gasteiger partial charge in [0, 0.05) is 12.0 Å². The molecule has 0 saturated carbocycles. The van der Waals surface area contributed by atoms with Crippen molar-refractivity contribution in [2.75, 3.05) is 6.61 Å². The fraction of sp³-hybridized carbons (Fsp3) is 0.100. The van der Waals surface area contributed by atoms with Gasteiger partial charge >= 0.3 is 0 Å². The Morgan fingerprint density at radius 2 is 1.29 bits per heavy atom. The summed E-state index contributed by atoms with van der Waals surface area (Å²) in [5.74, 6) is 0.223. The molecule has 7 nitrogen and oxygen atoms in total. The first-order valence-corrected chi connectivity index (χ1v) is 12.4. The Morgan fingerprint density at radius 1 is 0.658 bits per heavy atom. The van der Waals surface area contributed by atoms with Crippen molar-refractivity contribution < 1.29 is 19.1 Å². The highest BCUT2D eigenvalue weighted by Crippen LogP contribution is 2.18. The van der Waals surface area contributed by atoms with Gasteiger partial charge in [-0.15, -0.1) is 0 Å². The Bertz CT molecular complexity index is 1360. The number of rotatable bonds is 9. The molecular weight excluding hydrogens is 498 g/mol. The predicted octanol–water partition coefficient (Wildman–Crippen LogP) is 4.84. The second-order valence-corrected chi connectivity index (χ2v) is 8.65. The van der Waals surface area contributed by atoms with E-state index in [4.69, 9.17) is 21.7 Å². The second-order valence-electron chi connectivity index (χ2n) is 8.24. The molecule has 0 unspecified atom stereocenters. The number of hydrazine groups is 1. The molecule has 4 aromatic carbocycles. The normalized spacial score (nSPS) is 10.2. The van der Waals surface area contributed by atoms with Crippen LogP contribution < -0.4 is 25.6 Å². The van der Waals surface area contributed by atoms with Crippen LogP contribution in [0, 0.1) is 0 Å². The van der Waals surface area contributed by atoms with E-state index in [1.165, 1.54) is 0 Å². The molecule has 3 N–H and O–H groups in total. The van der Waals surface area contributed by atoms with Crippen LogP contribution >= 0.6 is 12.2 Å². The van der Waals surface area contributed by atoms with Crippen LogP contribution in [0.1, 0.15) is 31.8 Å². The summed E-state index contributed by atoms with van der Waals surface area (Å²) >= 11 is 5.18. The van der Waals surface area contributed by atoms with Crippen LogP contribution in [0.15, 0.2) is 109 Å². The highest BCUT2D eigenvalue weighted by Gasteiger charge is 2.14.